The van der Waals surface area contributed by atoms with Crippen molar-refractivity contribution in [3.05, 3.63) is 21.9 Å². The van der Waals surface area contributed by atoms with Crippen molar-refractivity contribution in [3.63, 3.8) is 0 Å². The van der Waals surface area contributed by atoms with E-state index in [9.17, 15) is 9.59 Å². The molecule has 0 bridgehead atoms. The zero-order valence-corrected chi connectivity index (χ0v) is 5.55. The molecule has 11 heavy (non-hydrogen) atoms. The van der Waals surface area contributed by atoms with Crippen LogP contribution in [0.3, 0.4) is 0 Å². The first kappa shape index (κ1) is 7.55. The van der Waals surface area contributed by atoms with Gasteiger partial charge in [-0.25, -0.2) is 9.59 Å². The minimum Gasteiger partial charge on any atom is -0.477 e. The van der Waals surface area contributed by atoms with Crippen molar-refractivity contribution in [1.29, 1.82) is 0 Å². The second kappa shape index (κ2) is 2.59. The Morgan fingerprint density at radius 3 is 2.55 bits per heavy atom. The third-order valence-corrected chi connectivity index (χ3v) is 1.22. The van der Waals surface area contributed by atoms with Gasteiger partial charge in [-0.2, -0.15) is 0 Å². The maximum absolute atomic E-state index is 10.5. The van der Waals surface area contributed by atoms with Crippen LogP contribution in [-0.4, -0.2) is 21.0 Å². The number of aromatic nitrogens is 2. The van der Waals surface area contributed by atoms with Gasteiger partial charge in [0, 0.05) is 6.54 Å². The summed E-state index contributed by atoms with van der Waals surface area (Å²) in [5.41, 5.74) is 4.64. The Hall–Kier alpha value is -1.56. The number of H-pyrrole nitrogens is 2. The summed E-state index contributed by atoms with van der Waals surface area (Å²) in [6.45, 7) is 0.000370. The molecule has 0 aliphatic carbocycles. The predicted octanol–water partition coefficient (Wildman–Crippen LogP) is -1.14. The normalized spacial score (nSPS) is 9.91. The lowest BCUT2D eigenvalue weighted by Gasteiger charge is -1.90. The van der Waals surface area contributed by atoms with Crippen molar-refractivity contribution in [2.45, 2.75) is 6.54 Å². The van der Waals surface area contributed by atoms with E-state index in [2.05, 4.69) is 9.97 Å². The molecule has 5 N–H and O–H groups in total. The van der Waals surface area contributed by atoms with Crippen molar-refractivity contribution < 1.29 is 9.90 Å². The Morgan fingerprint density at radius 2 is 2.18 bits per heavy atom. The Bertz CT molecular complexity index is 324. The van der Waals surface area contributed by atoms with Crippen LogP contribution < -0.4 is 11.4 Å². The zero-order chi connectivity index (χ0) is 8.43. The van der Waals surface area contributed by atoms with Gasteiger partial charge in [-0.1, -0.05) is 0 Å². The highest BCUT2D eigenvalue weighted by atomic mass is 16.4. The minimum absolute atomic E-state index is 0.000370. The zero-order valence-electron chi connectivity index (χ0n) is 5.55. The molecule has 0 fully saturated rings. The van der Waals surface area contributed by atoms with Gasteiger partial charge in [0.2, 0.25) is 0 Å². The van der Waals surface area contributed by atoms with Crippen LogP contribution in [0.1, 0.15) is 16.2 Å². The van der Waals surface area contributed by atoms with Gasteiger partial charge in [0.1, 0.15) is 5.69 Å². The molecular weight excluding hydrogens is 150 g/mol. The van der Waals surface area contributed by atoms with E-state index in [1.54, 1.807) is 0 Å². The molecular formula is C5H7N3O3. The van der Waals surface area contributed by atoms with Crippen LogP contribution in [0.2, 0.25) is 0 Å². The Morgan fingerprint density at radius 1 is 1.55 bits per heavy atom. The summed E-state index contributed by atoms with van der Waals surface area (Å²) in [7, 11) is 0. The fourth-order valence-electron chi connectivity index (χ4n) is 0.755. The standard InChI is InChI=1S/C5H7N3O3/c6-1-2-3(4(9)10)8-5(11)7-2/h1,6H2,(H,9,10)(H2,7,8,11). The third kappa shape index (κ3) is 1.30. The van der Waals surface area contributed by atoms with Crippen LogP contribution in [0.5, 0.6) is 0 Å². The van der Waals surface area contributed by atoms with Gasteiger partial charge in [0.05, 0.1) is 5.69 Å². The molecule has 60 valence electrons. The van der Waals surface area contributed by atoms with E-state index < -0.39 is 11.7 Å². The summed E-state index contributed by atoms with van der Waals surface area (Å²) in [4.78, 5) is 25.3. The predicted molar refractivity (Wildman–Crippen MR) is 36.3 cm³/mol. The molecule has 0 aliphatic heterocycles. The number of hydrogen-bond donors (Lipinski definition) is 4. The molecule has 0 radical (unpaired) electrons. The van der Waals surface area contributed by atoms with Gasteiger partial charge in [-0.05, 0) is 0 Å². The minimum atomic E-state index is -1.19. The van der Waals surface area contributed by atoms with Crippen molar-refractivity contribution >= 4 is 5.97 Å². The molecule has 1 rings (SSSR count). The molecule has 0 saturated heterocycles. The van der Waals surface area contributed by atoms with E-state index in [-0.39, 0.29) is 17.9 Å². The van der Waals surface area contributed by atoms with Crippen LogP contribution >= 0.6 is 0 Å². The van der Waals surface area contributed by atoms with E-state index in [1.165, 1.54) is 0 Å². The van der Waals surface area contributed by atoms with Crippen LogP contribution in [0.25, 0.3) is 0 Å². The average molecular weight is 157 g/mol. The molecule has 0 aromatic carbocycles. The first-order valence-electron chi connectivity index (χ1n) is 2.89. The molecule has 0 spiro atoms. The quantitative estimate of drug-likeness (QED) is 0.434. The summed E-state index contributed by atoms with van der Waals surface area (Å²) < 4.78 is 0. The van der Waals surface area contributed by atoms with Gasteiger partial charge in [0.25, 0.3) is 0 Å². The average Bonchev–Trinajstić information content (AvgIpc) is 2.30. The number of aromatic carboxylic acids is 1. The molecule has 1 aromatic heterocycles. The first-order chi connectivity index (χ1) is 5.15. The number of rotatable bonds is 2. The number of carboxylic acid groups (broad SMARTS) is 1. The highest BCUT2D eigenvalue weighted by Gasteiger charge is 2.11. The second-order valence-corrected chi connectivity index (χ2v) is 1.94. The van der Waals surface area contributed by atoms with Gasteiger partial charge in [-0.3, -0.25) is 4.98 Å². The molecule has 0 atom stereocenters. The van der Waals surface area contributed by atoms with Crippen molar-refractivity contribution in [3.8, 4) is 0 Å². The molecule has 1 aromatic rings. The largest absolute Gasteiger partial charge is 0.477 e. The van der Waals surface area contributed by atoms with E-state index in [4.69, 9.17) is 10.8 Å². The van der Waals surface area contributed by atoms with Crippen molar-refractivity contribution in [2.24, 2.45) is 5.73 Å². The summed E-state index contributed by atoms with van der Waals surface area (Å²) in [5, 5.41) is 8.46. The molecule has 0 unspecified atom stereocenters. The van der Waals surface area contributed by atoms with Crippen molar-refractivity contribution in [1.82, 2.24) is 9.97 Å². The second-order valence-electron chi connectivity index (χ2n) is 1.94. The first-order valence-corrected chi connectivity index (χ1v) is 2.89. The number of aromatic amines is 2. The van der Waals surface area contributed by atoms with Crippen LogP contribution in [0, 0.1) is 0 Å². The monoisotopic (exact) mass is 157 g/mol. The topological polar surface area (TPSA) is 112 Å². The van der Waals surface area contributed by atoms with E-state index in [0.717, 1.165) is 0 Å². The number of carbonyl (C=O) groups is 1. The SMILES string of the molecule is NCc1[nH]c(=O)[nH]c1C(=O)O. The molecule has 6 nitrogen and oxygen atoms in total. The Balaban J connectivity index is 3.23. The summed E-state index contributed by atoms with van der Waals surface area (Å²) in [5.74, 6) is -1.19. The lowest BCUT2D eigenvalue weighted by molar-refractivity contribution is 0.0689. The van der Waals surface area contributed by atoms with Crippen LogP contribution in [0.4, 0.5) is 0 Å². The maximum atomic E-state index is 10.5. The molecule has 0 amide bonds. The van der Waals surface area contributed by atoms with Crippen molar-refractivity contribution in [2.75, 3.05) is 0 Å². The van der Waals surface area contributed by atoms with Gasteiger partial charge in [-0.15, -0.1) is 0 Å². The number of hydrogen-bond acceptors (Lipinski definition) is 3. The van der Waals surface area contributed by atoms with Crippen LogP contribution in [-0.2, 0) is 6.54 Å². The fraction of sp³-hybridized carbons (Fsp3) is 0.200. The van der Waals surface area contributed by atoms with Gasteiger partial charge >= 0.3 is 11.7 Å². The molecule has 0 saturated carbocycles. The number of nitrogens with two attached hydrogens (primary N) is 1. The molecule has 1 heterocycles. The molecule has 6 heteroatoms. The van der Waals surface area contributed by atoms with E-state index >= 15 is 0 Å². The van der Waals surface area contributed by atoms with Gasteiger partial charge in [0.15, 0.2) is 0 Å². The summed E-state index contributed by atoms with van der Waals surface area (Å²) in [6.07, 6.45) is 0. The number of nitrogens with one attached hydrogen (secondary N) is 2. The lowest BCUT2D eigenvalue weighted by atomic mass is 10.3. The Labute approximate surface area is 61.0 Å². The van der Waals surface area contributed by atoms with Gasteiger partial charge < -0.3 is 15.8 Å². The number of carboxylic acids is 1. The number of imidazole rings is 1. The fourth-order valence-corrected chi connectivity index (χ4v) is 0.755. The van der Waals surface area contributed by atoms with Crippen LogP contribution in [0.15, 0.2) is 4.79 Å². The maximum Gasteiger partial charge on any atom is 0.354 e. The highest BCUT2D eigenvalue weighted by Crippen LogP contribution is 1.97. The lowest BCUT2D eigenvalue weighted by Crippen LogP contribution is -2.06. The smallest absolute Gasteiger partial charge is 0.354 e. The molecule has 0 aliphatic rings. The Kier molecular flexibility index (Phi) is 1.77. The summed E-state index contributed by atoms with van der Waals surface area (Å²) >= 11 is 0. The van der Waals surface area contributed by atoms with E-state index in [0.29, 0.717) is 0 Å². The highest BCUT2D eigenvalue weighted by molar-refractivity contribution is 5.86. The summed E-state index contributed by atoms with van der Waals surface area (Å²) in [6, 6.07) is 0. The van der Waals surface area contributed by atoms with E-state index in [1.807, 2.05) is 0 Å². The third-order valence-electron chi connectivity index (χ3n) is 1.22.